The molecule has 0 unspecified atom stereocenters. The zero-order valence-corrected chi connectivity index (χ0v) is 18.1. The first kappa shape index (κ1) is 21.5. The van der Waals surface area contributed by atoms with Gasteiger partial charge in [0.25, 0.3) is 0 Å². The molecule has 148 valence electrons. The fourth-order valence-corrected chi connectivity index (χ4v) is 2.61. The molecule has 0 spiro atoms. The first-order chi connectivity index (χ1) is 13.2. The number of guanidine groups is 1. The zero-order valence-electron chi connectivity index (χ0n) is 15.8. The first-order valence-corrected chi connectivity index (χ1v) is 8.58. The predicted molar refractivity (Wildman–Crippen MR) is 125 cm³/mol. The molecule has 0 atom stereocenters. The molecule has 4 N–H and O–H groups in total. The Morgan fingerprint density at radius 1 is 1.07 bits per heavy atom. The second kappa shape index (κ2) is 10.5. The minimum Gasteiger partial charge on any atom is -0.497 e. The molecular weight excluding hydrogens is 469 g/mol. The molecule has 3 aromatic rings. The lowest BCUT2D eigenvalue weighted by Gasteiger charge is -2.12. The van der Waals surface area contributed by atoms with Crippen LogP contribution in [0.3, 0.4) is 0 Å². The molecule has 0 bridgehead atoms. The standard InChI is InChI=1S/C20H23N5O2.HI/c1-26-15-8-9-18(27-2)17(13-15)25-20(21)23-12-11-22-19-10-7-14-5-3-4-6-16(14)24-19;/h3-10,13H,11-12H2,1-2H3,(H,22,24)(H3,21,23,25);1H. The highest BCUT2D eigenvalue weighted by Gasteiger charge is 2.06. The van der Waals surface area contributed by atoms with Crippen LogP contribution in [0, 0.1) is 0 Å². The Balaban J connectivity index is 0.00000280. The molecule has 1 aromatic heterocycles. The molecule has 7 nitrogen and oxygen atoms in total. The van der Waals surface area contributed by atoms with Crippen molar-refractivity contribution in [1.29, 1.82) is 0 Å². The van der Waals surface area contributed by atoms with Crippen LogP contribution in [-0.4, -0.2) is 38.3 Å². The van der Waals surface area contributed by atoms with E-state index in [0.717, 1.165) is 16.7 Å². The van der Waals surface area contributed by atoms with Crippen molar-refractivity contribution >= 4 is 52.3 Å². The number of nitrogens with two attached hydrogens (primary N) is 1. The number of pyridine rings is 1. The van der Waals surface area contributed by atoms with E-state index in [2.05, 4.69) is 20.6 Å². The summed E-state index contributed by atoms with van der Waals surface area (Å²) in [6.45, 7) is 1.11. The number of para-hydroxylation sites is 1. The number of ether oxygens (including phenoxy) is 2. The summed E-state index contributed by atoms with van der Waals surface area (Å²) in [4.78, 5) is 8.89. The van der Waals surface area contributed by atoms with Crippen LogP contribution in [-0.2, 0) is 0 Å². The van der Waals surface area contributed by atoms with Crippen molar-refractivity contribution in [3.05, 3.63) is 54.6 Å². The molecule has 3 rings (SSSR count). The molecule has 0 radical (unpaired) electrons. The molecule has 0 aliphatic carbocycles. The van der Waals surface area contributed by atoms with Crippen LogP contribution in [0.15, 0.2) is 59.6 Å². The second-order valence-electron chi connectivity index (χ2n) is 5.77. The monoisotopic (exact) mass is 493 g/mol. The van der Waals surface area contributed by atoms with E-state index in [1.807, 2.05) is 42.5 Å². The SMILES string of the molecule is COc1ccc(OC)c(NC(N)=NCCNc2ccc3ccccc3n2)c1.I. The lowest BCUT2D eigenvalue weighted by atomic mass is 10.2. The van der Waals surface area contributed by atoms with E-state index in [9.17, 15) is 0 Å². The van der Waals surface area contributed by atoms with Gasteiger partial charge >= 0.3 is 0 Å². The number of nitrogens with one attached hydrogen (secondary N) is 2. The molecule has 1 heterocycles. The Labute approximate surface area is 181 Å². The molecular formula is C20H24IN5O2. The molecule has 0 fully saturated rings. The van der Waals surface area contributed by atoms with Crippen LogP contribution in [0.1, 0.15) is 0 Å². The van der Waals surface area contributed by atoms with Crippen molar-refractivity contribution in [3.63, 3.8) is 0 Å². The van der Waals surface area contributed by atoms with Gasteiger partial charge in [-0.2, -0.15) is 0 Å². The normalized spacial score (nSPS) is 10.9. The van der Waals surface area contributed by atoms with Gasteiger partial charge in [-0.05, 0) is 30.3 Å². The maximum atomic E-state index is 5.97. The van der Waals surface area contributed by atoms with Crippen molar-refractivity contribution in [3.8, 4) is 11.5 Å². The number of methoxy groups -OCH3 is 2. The number of hydrogen-bond donors (Lipinski definition) is 3. The van der Waals surface area contributed by atoms with Crippen LogP contribution in [0.2, 0.25) is 0 Å². The Hall–Kier alpha value is -2.75. The Morgan fingerprint density at radius 3 is 2.68 bits per heavy atom. The summed E-state index contributed by atoms with van der Waals surface area (Å²) >= 11 is 0. The van der Waals surface area contributed by atoms with E-state index in [1.165, 1.54) is 0 Å². The van der Waals surface area contributed by atoms with Gasteiger partial charge in [0.05, 0.1) is 32.0 Å². The predicted octanol–water partition coefficient (Wildman–Crippen LogP) is 3.71. The number of benzene rings is 2. The van der Waals surface area contributed by atoms with Crippen molar-refractivity contribution in [2.75, 3.05) is 37.9 Å². The third-order valence-corrected chi connectivity index (χ3v) is 3.97. The summed E-state index contributed by atoms with van der Waals surface area (Å²) < 4.78 is 10.5. The average Bonchev–Trinajstić information content (AvgIpc) is 2.71. The van der Waals surface area contributed by atoms with Crippen LogP contribution in [0.4, 0.5) is 11.5 Å². The molecule has 8 heteroatoms. The van der Waals surface area contributed by atoms with Gasteiger partial charge in [-0.1, -0.05) is 18.2 Å². The Bertz CT molecular complexity index is 949. The fraction of sp³-hybridized carbons (Fsp3) is 0.200. The van der Waals surface area contributed by atoms with Crippen LogP contribution < -0.4 is 25.8 Å². The molecule has 28 heavy (non-hydrogen) atoms. The summed E-state index contributed by atoms with van der Waals surface area (Å²) in [6.07, 6.45) is 0. The number of fused-ring (bicyclic) bond motifs is 1. The number of aliphatic imine (C=N–C) groups is 1. The van der Waals surface area contributed by atoms with Gasteiger partial charge < -0.3 is 25.8 Å². The maximum absolute atomic E-state index is 5.97. The molecule has 0 amide bonds. The molecule has 2 aromatic carbocycles. The van der Waals surface area contributed by atoms with E-state index in [0.29, 0.717) is 36.2 Å². The molecule has 0 saturated heterocycles. The van der Waals surface area contributed by atoms with Crippen molar-refractivity contribution < 1.29 is 9.47 Å². The lowest BCUT2D eigenvalue weighted by molar-refractivity contribution is 0.405. The van der Waals surface area contributed by atoms with E-state index in [-0.39, 0.29) is 24.0 Å². The van der Waals surface area contributed by atoms with Gasteiger partial charge in [0.15, 0.2) is 5.96 Å². The zero-order chi connectivity index (χ0) is 19.1. The van der Waals surface area contributed by atoms with Crippen molar-refractivity contribution in [1.82, 2.24) is 4.98 Å². The van der Waals surface area contributed by atoms with E-state index in [1.54, 1.807) is 26.4 Å². The lowest BCUT2D eigenvalue weighted by Crippen LogP contribution is -2.24. The van der Waals surface area contributed by atoms with Gasteiger partial charge in [-0.3, -0.25) is 4.99 Å². The van der Waals surface area contributed by atoms with Gasteiger partial charge in [0.2, 0.25) is 0 Å². The highest BCUT2D eigenvalue weighted by molar-refractivity contribution is 14.0. The van der Waals surface area contributed by atoms with E-state index >= 15 is 0 Å². The minimum atomic E-state index is 0. The third kappa shape index (κ3) is 5.62. The minimum absolute atomic E-state index is 0. The summed E-state index contributed by atoms with van der Waals surface area (Å²) in [7, 11) is 3.20. The average molecular weight is 493 g/mol. The summed E-state index contributed by atoms with van der Waals surface area (Å²) in [5.41, 5.74) is 7.63. The number of hydrogen-bond acceptors (Lipinski definition) is 5. The Morgan fingerprint density at radius 2 is 1.89 bits per heavy atom. The second-order valence-corrected chi connectivity index (χ2v) is 5.77. The molecule has 0 saturated carbocycles. The first-order valence-electron chi connectivity index (χ1n) is 8.58. The quantitative estimate of drug-likeness (QED) is 0.201. The van der Waals surface area contributed by atoms with Gasteiger partial charge in [-0.25, -0.2) is 4.98 Å². The molecule has 0 aliphatic heterocycles. The van der Waals surface area contributed by atoms with E-state index in [4.69, 9.17) is 15.2 Å². The summed E-state index contributed by atoms with van der Waals surface area (Å²) in [6, 6.07) is 17.4. The highest BCUT2D eigenvalue weighted by atomic mass is 127. The Kier molecular flexibility index (Phi) is 8.12. The van der Waals surface area contributed by atoms with Crippen LogP contribution in [0.5, 0.6) is 11.5 Å². The number of rotatable bonds is 7. The summed E-state index contributed by atoms with van der Waals surface area (Å²) in [5, 5.41) is 7.40. The van der Waals surface area contributed by atoms with Crippen LogP contribution >= 0.6 is 24.0 Å². The fourth-order valence-electron chi connectivity index (χ4n) is 2.61. The summed E-state index contributed by atoms with van der Waals surface area (Å²) in [5.74, 6) is 2.47. The van der Waals surface area contributed by atoms with Crippen molar-refractivity contribution in [2.24, 2.45) is 10.7 Å². The smallest absolute Gasteiger partial charge is 0.193 e. The number of nitrogens with zero attached hydrogens (tertiary/aromatic N) is 2. The number of anilines is 2. The van der Waals surface area contributed by atoms with Crippen LogP contribution in [0.25, 0.3) is 10.9 Å². The topological polar surface area (TPSA) is 93.8 Å². The number of halogens is 1. The largest absolute Gasteiger partial charge is 0.497 e. The van der Waals surface area contributed by atoms with E-state index < -0.39 is 0 Å². The number of aromatic nitrogens is 1. The van der Waals surface area contributed by atoms with Gasteiger partial charge in [0.1, 0.15) is 17.3 Å². The maximum Gasteiger partial charge on any atom is 0.193 e. The highest BCUT2D eigenvalue weighted by Crippen LogP contribution is 2.28. The molecule has 0 aliphatic rings. The van der Waals surface area contributed by atoms with Gasteiger partial charge in [0, 0.05) is 18.0 Å². The third-order valence-electron chi connectivity index (χ3n) is 3.97. The van der Waals surface area contributed by atoms with Gasteiger partial charge in [-0.15, -0.1) is 24.0 Å². The van der Waals surface area contributed by atoms with Crippen molar-refractivity contribution in [2.45, 2.75) is 0 Å².